The predicted octanol–water partition coefficient (Wildman–Crippen LogP) is 2.06. The van der Waals surface area contributed by atoms with Gasteiger partial charge in [-0.1, -0.05) is 18.1 Å². The van der Waals surface area contributed by atoms with Gasteiger partial charge >= 0.3 is 0 Å². The second kappa shape index (κ2) is 2.86. The molecule has 1 aliphatic carbocycles. The van der Waals surface area contributed by atoms with Gasteiger partial charge in [0.25, 0.3) is 0 Å². The smallest absolute Gasteiger partial charge is 0.0475 e. The standard InChI is InChI=1S/C13H21NO/c1-10-8-14(3)9-13-5-7-15-6-4-12(13,2)11(10)13/h4-9H2,1-3H3. The maximum absolute atomic E-state index is 5.63. The summed E-state index contributed by atoms with van der Waals surface area (Å²) < 4.78 is 5.63. The average Bonchev–Trinajstić information content (AvgIpc) is 2.67. The topological polar surface area (TPSA) is 12.5 Å². The highest BCUT2D eigenvalue weighted by Gasteiger charge is 2.70. The molecule has 0 bridgehead atoms. The van der Waals surface area contributed by atoms with Crippen LogP contribution < -0.4 is 0 Å². The summed E-state index contributed by atoms with van der Waals surface area (Å²) in [6.07, 6.45) is 2.47. The van der Waals surface area contributed by atoms with E-state index in [0.717, 1.165) is 13.2 Å². The van der Waals surface area contributed by atoms with Crippen LogP contribution in [0.5, 0.6) is 0 Å². The minimum atomic E-state index is 0.471. The van der Waals surface area contributed by atoms with E-state index >= 15 is 0 Å². The number of hydrogen-bond acceptors (Lipinski definition) is 2. The van der Waals surface area contributed by atoms with Gasteiger partial charge in [0, 0.05) is 37.1 Å². The Balaban J connectivity index is 2.03. The van der Waals surface area contributed by atoms with Gasteiger partial charge in [0.2, 0.25) is 0 Å². The third-order valence-corrected chi connectivity index (χ3v) is 4.92. The lowest BCUT2D eigenvalue weighted by atomic mass is 9.89. The Morgan fingerprint density at radius 2 is 2.00 bits per heavy atom. The van der Waals surface area contributed by atoms with Crippen molar-refractivity contribution in [2.75, 3.05) is 33.4 Å². The highest BCUT2D eigenvalue weighted by Crippen LogP contribution is 2.75. The molecule has 2 fully saturated rings. The number of likely N-dealkylation sites (N-methyl/N-ethyl adjacent to an activating group) is 1. The number of fused-ring (bicyclic) bond motifs is 1. The Hall–Kier alpha value is -0.340. The van der Waals surface area contributed by atoms with Crippen LogP contribution in [-0.2, 0) is 4.74 Å². The van der Waals surface area contributed by atoms with E-state index in [4.69, 9.17) is 4.74 Å². The van der Waals surface area contributed by atoms with Crippen LogP contribution in [0.15, 0.2) is 11.1 Å². The van der Waals surface area contributed by atoms with E-state index in [1.54, 1.807) is 11.1 Å². The van der Waals surface area contributed by atoms with Crippen molar-refractivity contribution in [3.05, 3.63) is 11.1 Å². The second-order valence-corrected chi connectivity index (χ2v) is 5.85. The summed E-state index contributed by atoms with van der Waals surface area (Å²) in [5.74, 6) is 0. The van der Waals surface area contributed by atoms with Crippen LogP contribution >= 0.6 is 0 Å². The molecule has 3 aliphatic rings. The van der Waals surface area contributed by atoms with Crippen molar-refractivity contribution in [3.8, 4) is 0 Å². The summed E-state index contributed by atoms with van der Waals surface area (Å²) in [4.78, 5) is 2.48. The van der Waals surface area contributed by atoms with Gasteiger partial charge in [0.05, 0.1) is 0 Å². The summed E-state index contributed by atoms with van der Waals surface area (Å²) in [5, 5.41) is 0. The first-order valence-electron chi connectivity index (χ1n) is 6.07. The molecule has 2 nitrogen and oxygen atoms in total. The van der Waals surface area contributed by atoms with Gasteiger partial charge in [-0.25, -0.2) is 0 Å². The molecule has 2 unspecified atom stereocenters. The molecule has 1 spiro atoms. The summed E-state index contributed by atoms with van der Waals surface area (Å²) in [6.45, 7) is 9.12. The maximum Gasteiger partial charge on any atom is 0.0475 e. The molecule has 2 aliphatic heterocycles. The molecule has 1 saturated heterocycles. The Bertz CT molecular complexity index is 335. The second-order valence-electron chi connectivity index (χ2n) is 5.85. The van der Waals surface area contributed by atoms with Crippen LogP contribution in [0.4, 0.5) is 0 Å². The van der Waals surface area contributed by atoms with E-state index in [-0.39, 0.29) is 0 Å². The third-order valence-electron chi connectivity index (χ3n) is 4.92. The average molecular weight is 207 g/mol. The van der Waals surface area contributed by atoms with Gasteiger partial charge in [0.15, 0.2) is 0 Å². The zero-order chi connectivity index (χ0) is 10.7. The molecule has 2 atom stereocenters. The van der Waals surface area contributed by atoms with Crippen molar-refractivity contribution < 1.29 is 4.74 Å². The van der Waals surface area contributed by atoms with Crippen LogP contribution in [0.25, 0.3) is 0 Å². The monoisotopic (exact) mass is 207 g/mol. The van der Waals surface area contributed by atoms with Gasteiger partial charge in [-0.3, -0.25) is 0 Å². The molecular weight excluding hydrogens is 186 g/mol. The first-order valence-corrected chi connectivity index (χ1v) is 6.07. The van der Waals surface area contributed by atoms with Crippen LogP contribution in [-0.4, -0.2) is 38.3 Å². The fourth-order valence-electron chi connectivity index (χ4n) is 4.33. The molecule has 0 amide bonds. The quantitative estimate of drug-likeness (QED) is 0.564. The first kappa shape index (κ1) is 9.86. The van der Waals surface area contributed by atoms with Crippen LogP contribution in [0.1, 0.15) is 26.7 Å². The molecule has 1 saturated carbocycles. The Labute approximate surface area is 92.3 Å². The minimum Gasteiger partial charge on any atom is -0.381 e. The molecule has 0 N–H and O–H groups in total. The van der Waals surface area contributed by atoms with Crippen LogP contribution in [0, 0.1) is 10.8 Å². The zero-order valence-electron chi connectivity index (χ0n) is 10.1. The molecule has 15 heavy (non-hydrogen) atoms. The first-order chi connectivity index (χ1) is 7.10. The lowest BCUT2D eigenvalue weighted by Gasteiger charge is -2.28. The van der Waals surface area contributed by atoms with E-state index < -0.39 is 0 Å². The van der Waals surface area contributed by atoms with Crippen molar-refractivity contribution in [1.82, 2.24) is 4.90 Å². The normalized spacial score (nSPS) is 45.8. The molecule has 0 aromatic carbocycles. The molecule has 2 heteroatoms. The molecule has 0 aromatic rings. The van der Waals surface area contributed by atoms with Gasteiger partial charge in [-0.05, 0) is 26.8 Å². The lowest BCUT2D eigenvalue weighted by Crippen LogP contribution is -2.33. The van der Waals surface area contributed by atoms with Gasteiger partial charge in [-0.15, -0.1) is 0 Å². The Morgan fingerprint density at radius 3 is 2.80 bits per heavy atom. The van der Waals surface area contributed by atoms with Crippen LogP contribution in [0.3, 0.4) is 0 Å². The fourth-order valence-corrected chi connectivity index (χ4v) is 4.33. The number of nitrogens with zero attached hydrogens (tertiary/aromatic N) is 1. The van der Waals surface area contributed by atoms with E-state index in [1.165, 1.54) is 25.9 Å². The molecular formula is C13H21NO. The summed E-state index contributed by atoms with van der Waals surface area (Å²) in [5.41, 5.74) is 4.38. The van der Waals surface area contributed by atoms with Gasteiger partial charge < -0.3 is 9.64 Å². The molecule has 0 aromatic heterocycles. The third kappa shape index (κ3) is 1.07. The zero-order valence-corrected chi connectivity index (χ0v) is 10.1. The number of ether oxygens (including phenoxy) is 1. The highest BCUT2D eigenvalue weighted by atomic mass is 16.5. The summed E-state index contributed by atoms with van der Waals surface area (Å²) in [7, 11) is 2.25. The maximum atomic E-state index is 5.63. The lowest BCUT2D eigenvalue weighted by molar-refractivity contribution is 0.129. The minimum absolute atomic E-state index is 0.471. The van der Waals surface area contributed by atoms with Gasteiger partial charge in [0.1, 0.15) is 0 Å². The van der Waals surface area contributed by atoms with Crippen molar-refractivity contribution in [3.63, 3.8) is 0 Å². The molecule has 0 radical (unpaired) electrons. The molecule has 2 heterocycles. The van der Waals surface area contributed by atoms with Crippen LogP contribution in [0.2, 0.25) is 0 Å². The predicted molar refractivity (Wildman–Crippen MR) is 60.8 cm³/mol. The fraction of sp³-hybridized carbons (Fsp3) is 0.846. The van der Waals surface area contributed by atoms with E-state index in [9.17, 15) is 0 Å². The van der Waals surface area contributed by atoms with E-state index in [0.29, 0.717) is 10.8 Å². The molecule has 84 valence electrons. The Morgan fingerprint density at radius 1 is 1.27 bits per heavy atom. The SMILES string of the molecule is CC1=C2C3(C)CCOCCC23CN(C)C1. The number of hydrogen-bond donors (Lipinski definition) is 0. The van der Waals surface area contributed by atoms with Crippen molar-refractivity contribution >= 4 is 0 Å². The van der Waals surface area contributed by atoms with E-state index in [1.807, 2.05) is 0 Å². The van der Waals surface area contributed by atoms with Crippen molar-refractivity contribution in [2.45, 2.75) is 26.7 Å². The Kier molecular flexibility index (Phi) is 1.88. The number of rotatable bonds is 0. The largest absolute Gasteiger partial charge is 0.381 e. The van der Waals surface area contributed by atoms with E-state index in [2.05, 4.69) is 25.8 Å². The van der Waals surface area contributed by atoms with Crippen molar-refractivity contribution in [2.24, 2.45) is 10.8 Å². The summed E-state index contributed by atoms with van der Waals surface area (Å²) in [6, 6.07) is 0. The van der Waals surface area contributed by atoms with Crippen molar-refractivity contribution in [1.29, 1.82) is 0 Å². The van der Waals surface area contributed by atoms with Gasteiger partial charge in [-0.2, -0.15) is 0 Å². The summed E-state index contributed by atoms with van der Waals surface area (Å²) >= 11 is 0. The highest BCUT2D eigenvalue weighted by molar-refractivity contribution is 5.51. The molecule has 3 rings (SSSR count).